The lowest BCUT2D eigenvalue weighted by atomic mass is 10.2. The summed E-state index contributed by atoms with van der Waals surface area (Å²) in [5.74, 6) is 0.560. The predicted octanol–water partition coefficient (Wildman–Crippen LogP) is 5.92. The average Bonchev–Trinajstić information content (AvgIpc) is 2.60. The van der Waals surface area contributed by atoms with Crippen molar-refractivity contribution < 1.29 is 19.0 Å². The maximum Gasteiger partial charge on any atom is 0.338 e. The van der Waals surface area contributed by atoms with Gasteiger partial charge in [-0.1, -0.05) is 41.9 Å². The van der Waals surface area contributed by atoms with Gasteiger partial charge in [-0.25, -0.2) is 4.79 Å². The Labute approximate surface area is 176 Å². The summed E-state index contributed by atoms with van der Waals surface area (Å²) in [5.41, 5.74) is 1.18. The summed E-state index contributed by atoms with van der Waals surface area (Å²) >= 11 is 14.2. The van der Waals surface area contributed by atoms with Crippen LogP contribution in [0.25, 0.3) is 0 Å². The molecule has 4 nitrogen and oxygen atoms in total. The van der Waals surface area contributed by atoms with E-state index in [9.17, 15) is 4.79 Å². The Morgan fingerprint density at radius 1 is 1.23 bits per heavy atom. The van der Waals surface area contributed by atoms with Crippen molar-refractivity contribution in [1.29, 1.82) is 0 Å². The average molecular weight is 507 g/mol. The van der Waals surface area contributed by atoms with E-state index in [0.717, 1.165) is 9.13 Å². The van der Waals surface area contributed by atoms with Crippen LogP contribution < -0.4 is 9.47 Å². The fourth-order valence-electron chi connectivity index (χ4n) is 2.10. The molecule has 26 heavy (non-hydrogen) atoms. The largest absolute Gasteiger partial charge is 0.490 e. The first kappa shape index (κ1) is 20.9. The highest BCUT2D eigenvalue weighted by Gasteiger charge is 2.17. The van der Waals surface area contributed by atoms with Crippen molar-refractivity contribution in [2.45, 2.75) is 13.5 Å². The molecule has 0 aromatic heterocycles. The number of hydrogen-bond acceptors (Lipinski definition) is 4. The second-order valence-electron chi connectivity index (χ2n) is 5.13. The summed E-state index contributed by atoms with van der Waals surface area (Å²) in [4.78, 5) is 12.1. The Bertz CT molecular complexity index is 808. The van der Waals surface area contributed by atoms with Crippen LogP contribution in [0.1, 0.15) is 22.8 Å². The lowest BCUT2D eigenvalue weighted by molar-refractivity contribution is 0.0549. The van der Waals surface area contributed by atoms with E-state index in [-0.39, 0.29) is 13.2 Å². The first-order chi connectivity index (χ1) is 12.5. The lowest BCUT2D eigenvalue weighted by Gasteiger charge is -2.16. The van der Waals surface area contributed by atoms with Gasteiger partial charge in [-0.2, -0.15) is 0 Å². The Balaban J connectivity index is 2.26. The smallest absolute Gasteiger partial charge is 0.338 e. The van der Waals surface area contributed by atoms with Gasteiger partial charge in [0, 0.05) is 15.6 Å². The van der Waals surface area contributed by atoms with Crippen molar-refractivity contribution in [2.24, 2.45) is 0 Å². The van der Waals surface area contributed by atoms with Gasteiger partial charge in [0.2, 0.25) is 0 Å². The first-order valence-electron chi connectivity index (χ1n) is 7.77. The molecule has 7 heteroatoms. The fourth-order valence-corrected chi connectivity index (χ4v) is 3.32. The quantitative estimate of drug-likeness (QED) is 0.253. The molecule has 0 heterocycles. The van der Waals surface area contributed by atoms with E-state index in [1.165, 1.54) is 6.08 Å². The van der Waals surface area contributed by atoms with E-state index in [2.05, 4.69) is 29.2 Å². The van der Waals surface area contributed by atoms with E-state index >= 15 is 0 Å². The second kappa shape index (κ2) is 10.0. The van der Waals surface area contributed by atoms with Crippen molar-refractivity contribution in [3.63, 3.8) is 0 Å². The minimum atomic E-state index is -0.448. The molecule has 0 radical (unpaired) electrons. The molecule has 0 N–H and O–H groups in total. The molecular formula is C19H17Cl2IO4. The van der Waals surface area contributed by atoms with Crippen molar-refractivity contribution in [3.8, 4) is 11.5 Å². The van der Waals surface area contributed by atoms with Crippen molar-refractivity contribution in [3.05, 3.63) is 67.7 Å². The molecule has 0 unspecified atom stereocenters. The lowest BCUT2D eigenvalue weighted by Crippen LogP contribution is -2.08. The Morgan fingerprint density at radius 3 is 2.65 bits per heavy atom. The highest BCUT2D eigenvalue weighted by molar-refractivity contribution is 14.1. The van der Waals surface area contributed by atoms with Gasteiger partial charge in [-0.3, -0.25) is 0 Å². The van der Waals surface area contributed by atoms with Crippen LogP contribution in [-0.4, -0.2) is 19.2 Å². The molecule has 0 spiro atoms. The SMILES string of the molecule is C=CCOC(=O)c1cc(I)c(OCc2ccc(Cl)cc2Cl)c(OCC)c1. The normalized spacial score (nSPS) is 10.3. The third kappa shape index (κ3) is 5.53. The van der Waals surface area contributed by atoms with E-state index in [1.807, 2.05) is 6.92 Å². The molecule has 0 amide bonds. The van der Waals surface area contributed by atoms with Crippen LogP contribution in [0.5, 0.6) is 11.5 Å². The topological polar surface area (TPSA) is 44.8 Å². The van der Waals surface area contributed by atoms with Gasteiger partial charge in [0.15, 0.2) is 11.5 Å². The van der Waals surface area contributed by atoms with Crippen molar-refractivity contribution in [1.82, 2.24) is 0 Å². The van der Waals surface area contributed by atoms with Gasteiger partial charge in [0.1, 0.15) is 13.2 Å². The molecule has 0 aliphatic carbocycles. The zero-order valence-corrected chi connectivity index (χ0v) is 17.7. The van der Waals surface area contributed by atoms with Crippen LogP contribution in [0.4, 0.5) is 0 Å². The summed E-state index contributed by atoms with van der Waals surface area (Å²) in [6.45, 7) is 6.20. The Hall–Kier alpha value is -1.44. The van der Waals surface area contributed by atoms with Crippen LogP contribution in [0.3, 0.4) is 0 Å². The second-order valence-corrected chi connectivity index (χ2v) is 7.14. The summed E-state index contributed by atoms with van der Waals surface area (Å²) < 4.78 is 17.4. The molecule has 0 bridgehead atoms. The molecule has 2 aromatic rings. The van der Waals surface area contributed by atoms with Crippen molar-refractivity contribution >= 4 is 51.8 Å². The van der Waals surface area contributed by atoms with Gasteiger partial charge in [-0.15, -0.1) is 0 Å². The molecular weight excluding hydrogens is 490 g/mol. The van der Waals surface area contributed by atoms with Crippen LogP contribution in [0.15, 0.2) is 43.0 Å². The number of benzene rings is 2. The highest BCUT2D eigenvalue weighted by Crippen LogP contribution is 2.35. The minimum absolute atomic E-state index is 0.146. The van der Waals surface area contributed by atoms with Crippen LogP contribution in [0, 0.1) is 3.57 Å². The molecule has 138 valence electrons. The van der Waals surface area contributed by atoms with E-state index in [4.69, 9.17) is 37.4 Å². The minimum Gasteiger partial charge on any atom is -0.490 e. The molecule has 0 saturated carbocycles. The Kier molecular flexibility index (Phi) is 8.06. The summed E-state index contributed by atoms with van der Waals surface area (Å²) in [6.07, 6.45) is 1.51. The van der Waals surface area contributed by atoms with Gasteiger partial charge in [-0.05, 0) is 53.8 Å². The molecule has 0 aliphatic rings. The van der Waals surface area contributed by atoms with Crippen LogP contribution in [0.2, 0.25) is 10.0 Å². The first-order valence-corrected chi connectivity index (χ1v) is 9.60. The zero-order valence-electron chi connectivity index (χ0n) is 14.1. The zero-order chi connectivity index (χ0) is 19.1. The molecule has 2 rings (SSSR count). The third-order valence-electron chi connectivity index (χ3n) is 3.26. The van der Waals surface area contributed by atoms with Crippen molar-refractivity contribution in [2.75, 3.05) is 13.2 Å². The van der Waals surface area contributed by atoms with Crippen LogP contribution in [-0.2, 0) is 11.3 Å². The van der Waals surface area contributed by atoms with E-state index in [0.29, 0.717) is 33.7 Å². The number of rotatable bonds is 8. The predicted molar refractivity (Wildman–Crippen MR) is 112 cm³/mol. The maximum atomic E-state index is 12.1. The molecule has 2 aromatic carbocycles. The molecule has 0 atom stereocenters. The Morgan fingerprint density at radius 2 is 2.00 bits per heavy atom. The number of esters is 1. The monoisotopic (exact) mass is 506 g/mol. The third-order valence-corrected chi connectivity index (χ3v) is 4.65. The number of ether oxygens (including phenoxy) is 3. The van der Waals surface area contributed by atoms with Gasteiger partial charge >= 0.3 is 5.97 Å². The van der Waals surface area contributed by atoms with Gasteiger partial charge in [0.05, 0.1) is 15.7 Å². The van der Waals surface area contributed by atoms with E-state index < -0.39 is 5.97 Å². The number of hydrogen-bond donors (Lipinski definition) is 0. The van der Waals surface area contributed by atoms with Crippen LogP contribution >= 0.6 is 45.8 Å². The van der Waals surface area contributed by atoms with Gasteiger partial charge in [0.25, 0.3) is 0 Å². The number of halogens is 3. The summed E-state index contributed by atoms with van der Waals surface area (Å²) in [6, 6.07) is 8.51. The van der Waals surface area contributed by atoms with Gasteiger partial charge < -0.3 is 14.2 Å². The molecule has 0 saturated heterocycles. The number of carbonyl (C=O) groups excluding carboxylic acids is 1. The fraction of sp³-hybridized carbons (Fsp3) is 0.211. The maximum absolute atomic E-state index is 12.1. The summed E-state index contributed by atoms with van der Waals surface area (Å²) in [7, 11) is 0. The van der Waals surface area contributed by atoms with E-state index in [1.54, 1.807) is 30.3 Å². The standard InChI is InChI=1S/C19H17Cl2IO4/c1-3-7-25-19(23)13-8-16(22)18(17(9-13)24-4-2)26-11-12-5-6-14(20)10-15(12)21/h3,5-6,8-10H,1,4,7,11H2,2H3. The molecule has 0 fully saturated rings. The summed E-state index contributed by atoms with van der Waals surface area (Å²) in [5, 5.41) is 1.08. The highest BCUT2D eigenvalue weighted by atomic mass is 127. The molecule has 0 aliphatic heterocycles. The number of carbonyl (C=O) groups is 1.